The van der Waals surface area contributed by atoms with Crippen LogP contribution >= 0.6 is 15.9 Å². The van der Waals surface area contributed by atoms with E-state index >= 15 is 0 Å². The third-order valence-corrected chi connectivity index (χ3v) is 4.16. The smallest absolute Gasteiger partial charge is 0.141 e. The van der Waals surface area contributed by atoms with Gasteiger partial charge in [0.2, 0.25) is 0 Å². The summed E-state index contributed by atoms with van der Waals surface area (Å²) in [5.41, 5.74) is 1.06. The molecule has 0 radical (unpaired) electrons. The number of ether oxygens (including phenoxy) is 3. The number of hydrogen-bond donors (Lipinski definition) is 1. The summed E-state index contributed by atoms with van der Waals surface area (Å²) >= 11 is 3.54. The Balaban J connectivity index is 3.24. The summed E-state index contributed by atoms with van der Waals surface area (Å²) in [7, 11) is 6.99. The minimum Gasteiger partial charge on any atom is -0.495 e. The third kappa shape index (κ3) is 3.65. The van der Waals surface area contributed by atoms with Crippen molar-refractivity contribution in [3.05, 3.63) is 22.2 Å². The van der Waals surface area contributed by atoms with Crippen LogP contribution in [0.2, 0.25) is 0 Å². The van der Waals surface area contributed by atoms with Crippen LogP contribution in [-0.4, -0.2) is 34.5 Å². The molecule has 1 aromatic carbocycles. The number of nitrogens with one attached hydrogen (secondary N) is 1. The highest BCUT2D eigenvalue weighted by atomic mass is 79.9. The summed E-state index contributed by atoms with van der Waals surface area (Å²) in [6.45, 7) is 2.15. The minimum atomic E-state index is 0.0668. The Kier molecular flexibility index (Phi) is 7.34. The molecule has 0 aliphatic rings. The van der Waals surface area contributed by atoms with Gasteiger partial charge >= 0.3 is 0 Å². The summed E-state index contributed by atoms with van der Waals surface area (Å²) in [4.78, 5) is 0. The summed E-state index contributed by atoms with van der Waals surface area (Å²) in [6.07, 6.45) is 2.14. The van der Waals surface area contributed by atoms with E-state index in [1.807, 2.05) is 19.2 Å². The van der Waals surface area contributed by atoms with Crippen LogP contribution in [0.5, 0.6) is 11.5 Å². The first-order valence-corrected chi connectivity index (χ1v) is 7.54. The Morgan fingerprint density at radius 3 is 2.35 bits per heavy atom. The molecule has 2 unspecified atom stereocenters. The van der Waals surface area contributed by atoms with Crippen LogP contribution in [0.4, 0.5) is 0 Å². The number of rotatable bonds is 8. The second kappa shape index (κ2) is 8.49. The van der Waals surface area contributed by atoms with E-state index < -0.39 is 0 Å². The van der Waals surface area contributed by atoms with Gasteiger partial charge in [-0.05, 0) is 41.5 Å². The largest absolute Gasteiger partial charge is 0.495 e. The molecular formula is C15H24BrNO3. The molecule has 4 nitrogen and oxygen atoms in total. The van der Waals surface area contributed by atoms with E-state index in [1.165, 1.54) is 0 Å². The molecule has 0 aromatic heterocycles. The van der Waals surface area contributed by atoms with E-state index in [4.69, 9.17) is 14.2 Å². The molecule has 0 heterocycles. The number of methoxy groups -OCH3 is 3. The highest BCUT2D eigenvalue weighted by molar-refractivity contribution is 9.10. The summed E-state index contributed by atoms with van der Waals surface area (Å²) < 4.78 is 17.3. The third-order valence-electron chi connectivity index (χ3n) is 3.41. The topological polar surface area (TPSA) is 39.7 Å². The molecule has 1 rings (SSSR count). The zero-order chi connectivity index (χ0) is 15.1. The van der Waals surface area contributed by atoms with Crippen molar-refractivity contribution in [2.24, 2.45) is 0 Å². The van der Waals surface area contributed by atoms with E-state index in [0.717, 1.165) is 34.4 Å². The zero-order valence-electron chi connectivity index (χ0n) is 12.8. The maximum atomic E-state index is 5.63. The molecule has 1 aromatic rings. The lowest BCUT2D eigenvalue weighted by molar-refractivity contribution is 0.0622. The fourth-order valence-corrected chi connectivity index (χ4v) is 3.09. The maximum absolute atomic E-state index is 5.63. The first-order valence-electron chi connectivity index (χ1n) is 6.74. The SMILES string of the molecule is CCCC(OC)C(NC)c1ccc(OC)c(Br)c1OC. The Labute approximate surface area is 129 Å². The van der Waals surface area contributed by atoms with Gasteiger partial charge < -0.3 is 19.5 Å². The molecule has 20 heavy (non-hydrogen) atoms. The van der Waals surface area contributed by atoms with Gasteiger partial charge in [0.05, 0.1) is 26.4 Å². The fourth-order valence-electron chi connectivity index (χ4n) is 2.41. The molecule has 0 saturated carbocycles. The Hall–Kier alpha value is -0.780. The maximum Gasteiger partial charge on any atom is 0.141 e. The number of likely N-dealkylation sites (N-methyl/N-ethyl adjacent to an activating group) is 1. The second-order valence-electron chi connectivity index (χ2n) is 4.53. The molecule has 0 aliphatic carbocycles. The minimum absolute atomic E-state index is 0.0668. The lowest BCUT2D eigenvalue weighted by Gasteiger charge is -2.28. The predicted molar refractivity (Wildman–Crippen MR) is 84.8 cm³/mol. The van der Waals surface area contributed by atoms with Gasteiger partial charge in [0, 0.05) is 12.7 Å². The molecular weight excluding hydrogens is 322 g/mol. The van der Waals surface area contributed by atoms with E-state index in [9.17, 15) is 0 Å². The predicted octanol–water partition coefficient (Wildman–Crippen LogP) is 3.54. The van der Waals surface area contributed by atoms with E-state index in [2.05, 4.69) is 28.2 Å². The monoisotopic (exact) mass is 345 g/mol. The van der Waals surface area contributed by atoms with Gasteiger partial charge in [-0.3, -0.25) is 0 Å². The van der Waals surface area contributed by atoms with Gasteiger partial charge in [-0.1, -0.05) is 13.3 Å². The summed E-state index contributed by atoms with van der Waals surface area (Å²) in [5, 5.41) is 3.33. The van der Waals surface area contributed by atoms with Crippen LogP contribution in [0, 0.1) is 0 Å². The summed E-state index contributed by atoms with van der Waals surface area (Å²) in [5.74, 6) is 1.53. The normalized spacial score (nSPS) is 13.9. The highest BCUT2D eigenvalue weighted by Crippen LogP contribution is 2.41. The molecule has 0 saturated heterocycles. The number of halogens is 1. The van der Waals surface area contributed by atoms with Crippen molar-refractivity contribution >= 4 is 15.9 Å². The van der Waals surface area contributed by atoms with Gasteiger partial charge in [0.1, 0.15) is 16.0 Å². The number of benzene rings is 1. The molecule has 1 N–H and O–H groups in total. The van der Waals surface area contributed by atoms with E-state index in [0.29, 0.717) is 0 Å². The first-order chi connectivity index (χ1) is 9.64. The van der Waals surface area contributed by atoms with Crippen LogP contribution in [0.3, 0.4) is 0 Å². The van der Waals surface area contributed by atoms with Crippen molar-refractivity contribution in [3.8, 4) is 11.5 Å². The Morgan fingerprint density at radius 1 is 1.20 bits per heavy atom. The van der Waals surface area contributed by atoms with Gasteiger partial charge in [0.25, 0.3) is 0 Å². The van der Waals surface area contributed by atoms with Crippen molar-refractivity contribution in [2.75, 3.05) is 28.4 Å². The quantitative estimate of drug-likeness (QED) is 0.782. The van der Waals surface area contributed by atoms with Gasteiger partial charge in [-0.15, -0.1) is 0 Å². The molecule has 0 bridgehead atoms. The van der Waals surface area contributed by atoms with Gasteiger partial charge in [-0.2, -0.15) is 0 Å². The molecule has 0 aliphatic heterocycles. The van der Waals surface area contributed by atoms with Crippen molar-refractivity contribution in [2.45, 2.75) is 31.9 Å². The summed E-state index contributed by atoms with van der Waals surface area (Å²) in [6, 6.07) is 4.02. The van der Waals surface area contributed by atoms with Crippen molar-refractivity contribution in [1.82, 2.24) is 5.32 Å². The van der Waals surface area contributed by atoms with Crippen molar-refractivity contribution in [1.29, 1.82) is 0 Å². The first kappa shape index (κ1) is 17.3. The van der Waals surface area contributed by atoms with Crippen molar-refractivity contribution in [3.63, 3.8) is 0 Å². The van der Waals surface area contributed by atoms with Crippen molar-refractivity contribution < 1.29 is 14.2 Å². The molecule has 0 spiro atoms. The second-order valence-corrected chi connectivity index (χ2v) is 5.33. The van der Waals surface area contributed by atoms with Crippen LogP contribution in [0.15, 0.2) is 16.6 Å². The Bertz CT molecular complexity index is 426. The van der Waals surface area contributed by atoms with Crippen LogP contribution in [0.25, 0.3) is 0 Å². The van der Waals surface area contributed by atoms with Gasteiger partial charge in [0.15, 0.2) is 0 Å². The lowest BCUT2D eigenvalue weighted by atomic mass is 9.97. The standard InChI is InChI=1S/C15H24BrNO3/c1-6-7-12(19-4)14(17-2)10-8-9-11(18-3)13(16)15(10)20-5/h8-9,12,14,17H,6-7H2,1-5H3. The van der Waals surface area contributed by atoms with E-state index in [-0.39, 0.29) is 12.1 Å². The average Bonchev–Trinajstić information content (AvgIpc) is 2.47. The fraction of sp³-hybridized carbons (Fsp3) is 0.600. The zero-order valence-corrected chi connectivity index (χ0v) is 14.4. The van der Waals surface area contributed by atoms with Crippen LogP contribution < -0.4 is 14.8 Å². The molecule has 114 valence electrons. The van der Waals surface area contributed by atoms with Crippen LogP contribution in [-0.2, 0) is 4.74 Å². The lowest BCUT2D eigenvalue weighted by Crippen LogP contribution is -2.31. The highest BCUT2D eigenvalue weighted by Gasteiger charge is 2.26. The molecule has 2 atom stereocenters. The Morgan fingerprint density at radius 2 is 1.90 bits per heavy atom. The number of hydrogen-bond acceptors (Lipinski definition) is 4. The van der Waals surface area contributed by atoms with Gasteiger partial charge in [-0.25, -0.2) is 0 Å². The molecule has 5 heteroatoms. The van der Waals surface area contributed by atoms with Crippen LogP contribution in [0.1, 0.15) is 31.4 Å². The average molecular weight is 346 g/mol. The molecule has 0 amide bonds. The van der Waals surface area contributed by atoms with E-state index in [1.54, 1.807) is 21.3 Å². The molecule has 0 fully saturated rings.